The molecule has 0 saturated carbocycles. The number of rotatable bonds is 5. The molecule has 0 bridgehead atoms. The van der Waals surface area contributed by atoms with Gasteiger partial charge in [0.1, 0.15) is 11.6 Å². The molecule has 1 saturated heterocycles. The van der Waals surface area contributed by atoms with Gasteiger partial charge in [0, 0.05) is 46.0 Å². The Kier molecular flexibility index (Phi) is 6.74. The summed E-state index contributed by atoms with van der Waals surface area (Å²) in [6, 6.07) is 12.6. The number of halogens is 1. The van der Waals surface area contributed by atoms with E-state index in [4.69, 9.17) is 10.5 Å². The molecule has 4 rings (SSSR count). The van der Waals surface area contributed by atoms with Crippen LogP contribution in [0.2, 0.25) is 0 Å². The fraction of sp³-hybridized carbons (Fsp3) is 0.320. The Balaban J connectivity index is 1.74. The minimum absolute atomic E-state index is 0.0982. The normalized spacial score (nSPS) is 15.1. The average molecular weight is 482 g/mol. The number of hydrogen-bond acceptors (Lipinski definition) is 7. The Hall–Kier alpha value is -3.92. The van der Waals surface area contributed by atoms with Crippen molar-refractivity contribution in [2.75, 3.05) is 43.9 Å². The molecule has 0 spiro atoms. The maximum atomic E-state index is 13.3. The molecular weight excluding hydrogens is 453 g/mol. The Morgan fingerprint density at radius 2 is 1.54 bits per heavy atom. The zero-order valence-electron chi connectivity index (χ0n) is 19.9. The van der Waals surface area contributed by atoms with Crippen molar-refractivity contribution in [3.63, 3.8) is 0 Å². The summed E-state index contributed by atoms with van der Waals surface area (Å²) in [5.74, 6) is -0.650. The van der Waals surface area contributed by atoms with Crippen molar-refractivity contribution in [1.29, 1.82) is 0 Å². The number of nitrogens with two attached hydrogens (primary N) is 1. The summed E-state index contributed by atoms with van der Waals surface area (Å²) in [4.78, 5) is 41.9. The van der Waals surface area contributed by atoms with Crippen molar-refractivity contribution >= 4 is 17.5 Å². The molecule has 35 heavy (non-hydrogen) atoms. The number of carbonyl (C=O) groups excluding carboxylic acids is 1. The van der Waals surface area contributed by atoms with Gasteiger partial charge in [-0.1, -0.05) is 12.1 Å². The lowest BCUT2D eigenvalue weighted by Gasteiger charge is -2.40. The molecule has 2 aromatic carbocycles. The van der Waals surface area contributed by atoms with Gasteiger partial charge in [-0.25, -0.2) is 14.0 Å². The zero-order valence-corrected chi connectivity index (χ0v) is 19.9. The summed E-state index contributed by atoms with van der Waals surface area (Å²) in [5, 5.41) is 0. The molecule has 0 radical (unpaired) electrons. The molecule has 2 heterocycles. The lowest BCUT2D eigenvalue weighted by atomic mass is 9.96. The van der Waals surface area contributed by atoms with E-state index in [1.54, 1.807) is 36.4 Å². The molecule has 0 amide bonds. The van der Waals surface area contributed by atoms with Crippen LogP contribution in [0.5, 0.6) is 0 Å². The third-order valence-electron chi connectivity index (χ3n) is 6.54. The van der Waals surface area contributed by atoms with Crippen molar-refractivity contribution in [3.05, 3.63) is 91.9 Å². The molecule has 1 aromatic heterocycles. The zero-order chi connectivity index (χ0) is 25.3. The van der Waals surface area contributed by atoms with Crippen LogP contribution in [0.4, 0.5) is 15.9 Å². The summed E-state index contributed by atoms with van der Waals surface area (Å²) in [5.41, 5.74) is 7.73. The number of methoxy groups -OCH3 is 1. The number of piperazine rings is 1. The molecule has 1 aliphatic rings. The molecule has 3 aromatic rings. The van der Waals surface area contributed by atoms with Crippen LogP contribution in [0.3, 0.4) is 0 Å². The average Bonchev–Trinajstić information content (AvgIpc) is 2.89. The summed E-state index contributed by atoms with van der Waals surface area (Å²) in [7, 11) is 4.27. The third kappa shape index (κ3) is 4.57. The number of hydrogen-bond donors (Lipinski definition) is 1. The van der Waals surface area contributed by atoms with Crippen molar-refractivity contribution in [3.8, 4) is 0 Å². The van der Waals surface area contributed by atoms with Crippen LogP contribution < -0.4 is 21.9 Å². The monoisotopic (exact) mass is 481 g/mol. The van der Waals surface area contributed by atoms with Gasteiger partial charge in [-0.05, 0) is 42.0 Å². The van der Waals surface area contributed by atoms with Gasteiger partial charge in [-0.3, -0.25) is 18.8 Å². The highest BCUT2D eigenvalue weighted by Crippen LogP contribution is 2.31. The summed E-state index contributed by atoms with van der Waals surface area (Å²) in [6.45, 7) is 2.47. The van der Waals surface area contributed by atoms with Crippen LogP contribution in [0.15, 0.2) is 58.1 Å². The maximum absolute atomic E-state index is 13.3. The van der Waals surface area contributed by atoms with Gasteiger partial charge in [-0.15, -0.1) is 0 Å². The molecule has 1 atom stereocenters. The van der Waals surface area contributed by atoms with Crippen LogP contribution in [0.25, 0.3) is 0 Å². The lowest BCUT2D eigenvalue weighted by Crippen LogP contribution is -2.50. The first-order chi connectivity index (χ1) is 16.7. The number of nitrogen functional groups attached to an aromatic ring is 1. The van der Waals surface area contributed by atoms with Crippen molar-refractivity contribution in [1.82, 2.24) is 14.0 Å². The number of esters is 1. The van der Waals surface area contributed by atoms with Gasteiger partial charge in [0.25, 0.3) is 5.56 Å². The molecule has 2 N–H and O–H groups in total. The van der Waals surface area contributed by atoms with Crippen LogP contribution in [-0.2, 0) is 18.8 Å². The number of nitrogens with zero attached hydrogens (tertiary/aromatic N) is 4. The van der Waals surface area contributed by atoms with E-state index in [0.29, 0.717) is 37.3 Å². The van der Waals surface area contributed by atoms with Gasteiger partial charge in [0.05, 0.1) is 24.3 Å². The SMILES string of the molecule is COC(=O)c1ccc(C(c2c(N)n(C)c(=O)n(C)c2=O)N2CCN(c3ccc(F)cc3)CC2)cc1. The first kappa shape index (κ1) is 24.2. The predicted octanol–water partition coefficient (Wildman–Crippen LogP) is 1.50. The largest absolute Gasteiger partial charge is 0.465 e. The van der Waals surface area contributed by atoms with E-state index in [2.05, 4.69) is 9.80 Å². The second kappa shape index (κ2) is 9.75. The standard InChI is InChI=1S/C25H28FN5O4/c1-28-22(27)20(23(32)29(2)25(28)34)21(16-4-6-17(7-5-16)24(33)35-3)31-14-12-30(13-15-31)19-10-8-18(26)9-11-19/h4-11,21H,12-15,27H2,1-3H3. The first-order valence-electron chi connectivity index (χ1n) is 11.2. The number of benzene rings is 2. The summed E-state index contributed by atoms with van der Waals surface area (Å²) >= 11 is 0. The predicted molar refractivity (Wildman–Crippen MR) is 131 cm³/mol. The number of anilines is 2. The minimum Gasteiger partial charge on any atom is -0.465 e. The lowest BCUT2D eigenvalue weighted by molar-refractivity contribution is 0.0600. The Morgan fingerprint density at radius 1 is 0.943 bits per heavy atom. The molecule has 10 heteroatoms. The molecule has 184 valence electrons. The number of carbonyl (C=O) groups is 1. The van der Waals surface area contributed by atoms with Gasteiger partial charge in [0.2, 0.25) is 0 Å². The first-order valence-corrected chi connectivity index (χ1v) is 11.2. The third-order valence-corrected chi connectivity index (χ3v) is 6.54. The van der Waals surface area contributed by atoms with E-state index in [1.807, 2.05) is 0 Å². The maximum Gasteiger partial charge on any atom is 0.337 e. The highest BCUT2D eigenvalue weighted by atomic mass is 19.1. The molecule has 1 fully saturated rings. The quantitative estimate of drug-likeness (QED) is 0.551. The van der Waals surface area contributed by atoms with Crippen molar-refractivity contribution in [2.24, 2.45) is 14.1 Å². The van der Waals surface area contributed by atoms with E-state index in [9.17, 15) is 18.8 Å². The highest BCUT2D eigenvalue weighted by Gasteiger charge is 2.32. The van der Waals surface area contributed by atoms with E-state index in [1.165, 1.54) is 37.9 Å². The van der Waals surface area contributed by atoms with Crippen molar-refractivity contribution < 1.29 is 13.9 Å². The van der Waals surface area contributed by atoms with Crippen LogP contribution in [0, 0.1) is 5.82 Å². The second-order valence-electron chi connectivity index (χ2n) is 8.52. The number of ether oxygens (including phenoxy) is 1. The topological polar surface area (TPSA) is 103 Å². The Morgan fingerprint density at radius 3 is 2.11 bits per heavy atom. The highest BCUT2D eigenvalue weighted by molar-refractivity contribution is 5.89. The molecular formula is C25H28FN5O4. The van der Waals surface area contributed by atoms with Gasteiger partial charge < -0.3 is 15.4 Å². The van der Waals surface area contributed by atoms with Gasteiger partial charge >= 0.3 is 11.7 Å². The van der Waals surface area contributed by atoms with Crippen LogP contribution >= 0.6 is 0 Å². The van der Waals surface area contributed by atoms with E-state index in [0.717, 1.165) is 15.8 Å². The van der Waals surface area contributed by atoms with E-state index >= 15 is 0 Å². The van der Waals surface area contributed by atoms with Gasteiger partial charge in [0.15, 0.2) is 0 Å². The van der Waals surface area contributed by atoms with Crippen molar-refractivity contribution in [2.45, 2.75) is 6.04 Å². The van der Waals surface area contributed by atoms with Gasteiger partial charge in [-0.2, -0.15) is 0 Å². The molecule has 1 aliphatic heterocycles. The fourth-order valence-corrected chi connectivity index (χ4v) is 4.51. The minimum atomic E-state index is -0.539. The second-order valence-corrected chi connectivity index (χ2v) is 8.52. The molecule has 0 aliphatic carbocycles. The fourth-order valence-electron chi connectivity index (χ4n) is 4.51. The Labute approximate surface area is 201 Å². The van der Waals surface area contributed by atoms with E-state index < -0.39 is 23.3 Å². The molecule has 9 nitrogen and oxygen atoms in total. The number of aromatic nitrogens is 2. The van der Waals surface area contributed by atoms with Crippen LogP contribution in [0.1, 0.15) is 27.5 Å². The summed E-state index contributed by atoms with van der Waals surface area (Å²) < 4.78 is 20.5. The smallest absolute Gasteiger partial charge is 0.337 e. The summed E-state index contributed by atoms with van der Waals surface area (Å²) in [6.07, 6.45) is 0. The molecule has 1 unspecified atom stereocenters. The van der Waals surface area contributed by atoms with Crippen LogP contribution in [-0.4, -0.2) is 53.3 Å². The Bertz CT molecular complexity index is 1340. The van der Waals surface area contributed by atoms with E-state index in [-0.39, 0.29) is 11.6 Å².